The van der Waals surface area contributed by atoms with Crippen LogP contribution in [0, 0.1) is 6.92 Å². The number of ether oxygens (including phenoxy) is 1. The quantitative estimate of drug-likeness (QED) is 0.496. The third-order valence-electron chi connectivity index (χ3n) is 4.49. The van der Waals surface area contributed by atoms with E-state index in [1.165, 1.54) is 0 Å². The Morgan fingerprint density at radius 3 is 2.59 bits per heavy atom. The normalized spacial score (nSPS) is 10.8. The molecule has 1 amide bonds. The smallest absolute Gasteiger partial charge is 0.263 e. The third kappa shape index (κ3) is 4.58. The van der Waals surface area contributed by atoms with Crippen LogP contribution in [0.2, 0.25) is 5.02 Å². The number of amides is 1. The molecule has 0 saturated carbocycles. The molecule has 4 aromatic rings. The summed E-state index contributed by atoms with van der Waals surface area (Å²) in [5, 5.41) is 3.59. The molecule has 29 heavy (non-hydrogen) atoms. The van der Waals surface area contributed by atoms with Crippen LogP contribution in [0.15, 0.2) is 72.9 Å². The Morgan fingerprint density at radius 1 is 1.07 bits per heavy atom. The van der Waals surface area contributed by atoms with Crippen molar-refractivity contribution in [3.05, 3.63) is 94.8 Å². The summed E-state index contributed by atoms with van der Waals surface area (Å²) in [5.74, 6) is 0.998. The number of imidazole rings is 1. The van der Waals surface area contributed by atoms with Crippen LogP contribution in [0.3, 0.4) is 0 Å². The highest BCUT2D eigenvalue weighted by atomic mass is 35.5. The number of aromatic nitrogens is 2. The van der Waals surface area contributed by atoms with Gasteiger partial charge in [0, 0.05) is 17.6 Å². The van der Waals surface area contributed by atoms with Gasteiger partial charge in [-0.2, -0.15) is 0 Å². The fourth-order valence-electron chi connectivity index (χ4n) is 3.09. The van der Waals surface area contributed by atoms with Crippen LogP contribution in [-0.4, -0.2) is 21.9 Å². The van der Waals surface area contributed by atoms with Crippen LogP contribution in [-0.2, 0) is 11.2 Å². The summed E-state index contributed by atoms with van der Waals surface area (Å²) in [4.78, 5) is 17.3. The Balaban J connectivity index is 1.57. The number of halogens is 1. The molecule has 0 radical (unpaired) electrons. The summed E-state index contributed by atoms with van der Waals surface area (Å²) in [7, 11) is 0. The number of pyridine rings is 1. The van der Waals surface area contributed by atoms with Gasteiger partial charge in [0.15, 0.2) is 6.61 Å². The molecule has 2 aromatic carbocycles. The van der Waals surface area contributed by atoms with Gasteiger partial charge >= 0.3 is 0 Å². The highest BCUT2D eigenvalue weighted by molar-refractivity contribution is 6.30. The van der Waals surface area contributed by atoms with Gasteiger partial charge in [0.05, 0.1) is 5.69 Å². The average Bonchev–Trinajstić information content (AvgIpc) is 3.04. The molecule has 0 saturated heterocycles. The van der Waals surface area contributed by atoms with E-state index in [1.807, 2.05) is 60.0 Å². The molecule has 2 aromatic heterocycles. The van der Waals surface area contributed by atoms with Crippen molar-refractivity contribution in [3.8, 4) is 5.75 Å². The van der Waals surface area contributed by atoms with Gasteiger partial charge in [0.25, 0.3) is 5.91 Å². The average molecular weight is 406 g/mol. The third-order valence-corrected chi connectivity index (χ3v) is 4.75. The number of anilines is 1. The zero-order valence-electron chi connectivity index (χ0n) is 15.9. The summed E-state index contributed by atoms with van der Waals surface area (Å²) in [5.41, 5.74) is 3.80. The molecule has 1 N–H and O–H groups in total. The molecule has 0 aliphatic carbocycles. The molecule has 146 valence electrons. The second kappa shape index (κ2) is 8.37. The first kappa shape index (κ1) is 19.0. The maximum absolute atomic E-state index is 12.6. The largest absolute Gasteiger partial charge is 0.484 e. The lowest BCUT2D eigenvalue weighted by molar-refractivity contribution is -0.118. The first-order valence-electron chi connectivity index (χ1n) is 9.28. The minimum atomic E-state index is -0.252. The lowest BCUT2D eigenvalue weighted by Crippen LogP contribution is -2.21. The van der Waals surface area contributed by atoms with Crippen molar-refractivity contribution < 1.29 is 9.53 Å². The minimum absolute atomic E-state index is 0.106. The highest BCUT2D eigenvalue weighted by Crippen LogP contribution is 2.22. The number of hydrogen-bond donors (Lipinski definition) is 1. The Hall–Kier alpha value is -3.31. The monoisotopic (exact) mass is 405 g/mol. The highest BCUT2D eigenvalue weighted by Gasteiger charge is 2.16. The molecule has 6 heteroatoms. The summed E-state index contributed by atoms with van der Waals surface area (Å²) in [6.45, 7) is 1.90. The van der Waals surface area contributed by atoms with E-state index in [4.69, 9.17) is 21.3 Å². The second-order valence-electron chi connectivity index (χ2n) is 6.79. The van der Waals surface area contributed by atoms with Crippen LogP contribution in [0.1, 0.15) is 16.8 Å². The van der Waals surface area contributed by atoms with Gasteiger partial charge in [-0.05, 0) is 48.4 Å². The van der Waals surface area contributed by atoms with E-state index < -0.39 is 0 Å². The van der Waals surface area contributed by atoms with Crippen LogP contribution in [0.4, 0.5) is 5.82 Å². The van der Waals surface area contributed by atoms with Gasteiger partial charge in [-0.15, -0.1) is 0 Å². The first-order valence-corrected chi connectivity index (χ1v) is 9.66. The molecular weight excluding hydrogens is 386 g/mol. The second-order valence-corrected chi connectivity index (χ2v) is 7.23. The molecule has 0 atom stereocenters. The number of carbonyl (C=O) groups excluding carboxylic acids is 1. The molecule has 0 spiro atoms. The van der Waals surface area contributed by atoms with Crippen LogP contribution < -0.4 is 10.1 Å². The Bertz CT molecular complexity index is 1140. The van der Waals surface area contributed by atoms with Gasteiger partial charge < -0.3 is 10.1 Å². The molecule has 0 unspecified atom stereocenters. The zero-order chi connectivity index (χ0) is 20.2. The van der Waals surface area contributed by atoms with Crippen LogP contribution >= 0.6 is 11.6 Å². The van der Waals surface area contributed by atoms with Crippen molar-refractivity contribution in [1.29, 1.82) is 0 Å². The maximum Gasteiger partial charge on any atom is 0.263 e. The van der Waals surface area contributed by atoms with E-state index in [1.54, 1.807) is 24.3 Å². The Morgan fingerprint density at radius 2 is 1.83 bits per heavy atom. The molecule has 0 fully saturated rings. The summed E-state index contributed by atoms with van der Waals surface area (Å²) < 4.78 is 7.48. The van der Waals surface area contributed by atoms with E-state index in [0.29, 0.717) is 23.0 Å². The van der Waals surface area contributed by atoms with Gasteiger partial charge in [0.2, 0.25) is 0 Å². The van der Waals surface area contributed by atoms with Gasteiger partial charge in [0.1, 0.15) is 17.2 Å². The summed E-state index contributed by atoms with van der Waals surface area (Å²) in [6, 6.07) is 20.9. The van der Waals surface area contributed by atoms with E-state index in [2.05, 4.69) is 5.32 Å². The lowest BCUT2D eigenvalue weighted by Gasteiger charge is -2.10. The molecule has 0 bridgehead atoms. The van der Waals surface area contributed by atoms with Crippen molar-refractivity contribution in [1.82, 2.24) is 9.38 Å². The van der Waals surface area contributed by atoms with Crippen LogP contribution in [0.5, 0.6) is 5.75 Å². The zero-order valence-corrected chi connectivity index (χ0v) is 16.7. The molecular formula is C23H20ClN3O2. The lowest BCUT2D eigenvalue weighted by atomic mass is 10.1. The van der Waals surface area contributed by atoms with Crippen molar-refractivity contribution in [3.63, 3.8) is 0 Å². The van der Waals surface area contributed by atoms with Crippen LogP contribution in [0.25, 0.3) is 5.65 Å². The topological polar surface area (TPSA) is 55.6 Å². The number of nitrogens with zero attached hydrogens (tertiary/aromatic N) is 2. The van der Waals surface area contributed by atoms with Crippen molar-refractivity contribution in [2.45, 2.75) is 13.3 Å². The van der Waals surface area contributed by atoms with Crippen molar-refractivity contribution in [2.75, 3.05) is 11.9 Å². The molecule has 5 nitrogen and oxygen atoms in total. The van der Waals surface area contributed by atoms with Gasteiger partial charge in [-0.3, -0.25) is 9.20 Å². The van der Waals surface area contributed by atoms with E-state index >= 15 is 0 Å². The Labute approximate surface area is 173 Å². The van der Waals surface area contributed by atoms with Gasteiger partial charge in [-0.1, -0.05) is 48.0 Å². The summed E-state index contributed by atoms with van der Waals surface area (Å²) in [6.07, 6.45) is 2.59. The molecule has 2 heterocycles. The fraction of sp³-hybridized carbons (Fsp3) is 0.130. The van der Waals surface area contributed by atoms with E-state index in [9.17, 15) is 4.79 Å². The molecule has 0 aliphatic rings. The number of aryl methyl sites for hydroxylation is 1. The standard InChI is InChI=1S/C23H20ClN3O2/c1-16-7-12-21-25-20(13-17-5-3-2-4-6-17)23(27(21)14-16)26-22(28)15-29-19-10-8-18(24)9-11-19/h2-12,14H,13,15H2,1H3,(H,26,28). The van der Waals surface area contributed by atoms with Crippen molar-refractivity contribution in [2.24, 2.45) is 0 Å². The fourth-order valence-corrected chi connectivity index (χ4v) is 3.22. The minimum Gasteiger partial charge on any atom is -0.484 e. The number of rotatable bonds is 6. The van der Waals surface area contributed by atoms with E-state index in [-0.39, 0.29) is 12.5 Å². The number of hydrogen-bond acceptors (Lipinski definition) is 3. The predicted molar refractivity (Wildman–Crippen MR) is 115 cm³/mol. The molecule has 0 aliphatic heterocycles. The van der Waals surface area contributed by atoms with E-state index in [0.717, 1.165) is 22.5 Å². The molecule has 4 rings (SSSR count). The maximum atomic E-state index is 12.6. The SMILES string of the molecule is Cc1ccc2nc(Cc3ccccc3)c(NC(=O)COc3ccc(Cl)cc3)n2c1. The van der Waals surface area contributed by atoms with Crippen molar-refractivity contribution >= 4 is 29.0 Å². The predicted octanol–water partition coefficient (Wildman–Crippen LogP) is 4.90. The first-order chi connectivity index (χ1) is 14.1. The number of nitrogens with one attached hydrogen (secondary N) is 1. The summed E-state index contributed by atoms with van der Waals surface area (Å²) >= 11 is 5.88. The number of benzene rings is 2. The number of carbonyl (C=O) groups is 1. The Kier molecular flexibility index (Phi) is 5.49. The number of fused-ring (bicyclic) bond motifs is 1. The van der Waals surface area contributed by atoms with Gasteiger partial charge in [-0.25, -0.2) is 4.98 Å².